The first-order valence-electron chi connectivity index (χ1n) is 9.14. The van der Waals surface area contributed by atoms with Gasteiger partial charge in [0, 0.05) is 21.7 Å². The van der Waals surface area contributed by atoms with E-state index in [0.29, 0.717) is 10.9 Å². The minimum Gasteiger partial charge on any atom is -0.497 e. The molecular formula is C23H20ClN3O. The lowest BCUT2D eigenvalue weighted by Gasteiger charge is -2.10. The van der Waals surface area contributed by atoms with Crippen LogP contribution in [0.1, 0.15) is 29.2 Å². The van der Waals surface area contributed by atoms with Crippen LogP contribution < -0.4 is 10.2 Å². The van der Waals surface area contributed by atoms with Gasteiger partial charge in [0.05, 0.1) is 18.5 Å². The number of fused-ring (bicyclic) bond motifs is 1. The van der Waals surface area contributed by atoms with Crippen molar-refractivity contribution in [2.45, 2.75) is 13.3 Å². The molecule has 140 valence electrons. The number of nitrogens with zero attached hydrogens (tertiary/aromatic N) is 2. The summed E-state index contributed by atoms with van der Waals surface area (Å²) in [4.78, 5) is 4.85. The Balaban J connectivity index is 1.83. The van der Waals surface area contributed by atoms with E-state index in [1.165, 1.54) is 5.56 Å². The third-order valence-corrected chi connectivity index (χ3v) is 4.96. The predicted octanol–water partition coefficient (Wildman–Crippen LogP) is 5.34. The fraction of sp³-hybridized carbons (Fsp3) is 0.130. The average Bonchev–Trinajstić information content (AvgIpc) is 2.93. The topological polar surface area (TPSA) is 46.0 Å². The van der Waals surface area contributed by atoms with Gasteiger partial charge in [0.2, 0.25) is 0 Å². The van der Waals surface area contributed by atoms with Gasteiger partial charge in [0.1, 0.15) is 5.75 Å². The van der Waals surface area contributed by atoms with Crippen molar-refractivity contribution >= 4 is 28.8 Å². The van der Waals surface area contributed by atoms with E-state index in [1.54, 1.807) is 7.11 Å². The van der Waals surface area contributed by atoms with E-state index in [4.69, 9.17) is 26.4 Å². The third-order valence-electron chi connectivity index (χ3n) is 4.71. The molecule has 0 spiro atoms. The zero-order chi connectivity index (χ0) is 19.5. The molecule has 1 aliphatic heterocycles. The van der Waals surface area contributed by atoms with Gasteiger partial charge in [-0.2, -0.15) is 5.10 Å². The second kappa shape index (κ2) is 7.87. The molecule has 1 aliphatic rings. The summed E-state index contributed by atoms with van der Waals surface area (Å²) in [7, 11) is 1.66. The molecule has 0 unspecified atom stereocenters. The molecular weight excluding hydrogens is 370 g/mol. The van der Waals surface area contributed by atoms with Gasteiger partial charge in [-0.1, -0.05) is 24.6 Å². The fourth-order valence-electron chi connectivity index (χ4n) is 3.11. The zero-order valence-corrected chi connectivity index (χ0v) is 16.5. The summed E-state index contributed by atoms with van der Waals surface area (Å²) in [6.45, 7) is 2.14. The number of rotatable bonds is 4. The maximum atomic E-state index is 6.03. The number of halogens is 1. The Morgan fingerprint density at radius 2 is 1.64 bits per heavy atom. The van der Waals surface area contributed by atoms with Crippen LogP contribution in [-0.2, 0) is 6.42 Å². The van der Waals surface area contributed by atoms with Gasteiger partial charge in [0.15, 0.2) is 5.84 Å². The minimum atomic E-state index is 0.686. The van der Waals surface area contributed by atoms with E-state index in [2.05, 4.69) is 30.5 Å². The number of benzene rings is 3. The number of hydrogen-bond donors (Lipinski definition) is 1. The van der Waals surface area contributed by atoms with Crippen LogP contribution in [0.15, 0.2) is 76.8 Å². The van der Waals surface area contributed by atoms with E-state index in [9.17, 15) is 0 Å². The van der Waals surface area contributed by atoms with Crippen LogP contribution in [0.2, 0.25) is 5.02 Å². The largest absolute Gasteiger partial charge is 0.497 e. The standard InChI is InChI=1S/C23H20ClN3O/c1-3-15-4-13-21-20(14-15)22(16-7-11-19(28-2)12-8-16)26-27-23(25-21)17-5-9-18(24)10-6-17/h4-14H,3H2,1-2H3,(H,25,27). The van der Waals surface area contributed by atoms with Crippen molar-refractivity contribution in [1.29, 1.82) is 0 Å². The van der Waals surface area contributed by atoms with E-state index in [-0.39, 0.29) is 0 Å². The summed E-state index contributed by atoms with van der Waals surface area (Å²) in [5, 5.41) is 5.40. The highest BCUT2D eigenvalue weighted by Crippen LogP contribution is 2.28. The molecule has 0 amide bonds. The van der Waals surface area contributed by atoms with Gasteiger partial charge in [-0.05, 0) is 72.6 Å². The third kappa shape index (κ3) is 3.64. The van der Waals surface area contributed by atoms with Gasteiger partial charge in [-0.3, -0.25) is 5.43 Å². The number of aliphatic imine (C=N–C) groups is 1. The molecule has 0 bridgehead atoms. The second-order valence-corrected chi connectivity index (χ2v) is 6.91. The van der Waals surface area contributed by atoms with Crippen LogP contribution in [0.4, 0.5) is 5.69 Å². The normalized spacial score (nSPS) is 13.0. The molecule has 0 aliphatic carbocycles. The molecule has 0 aromatic heterocycles. The Labute approximate surface area is 169 Å². The number of methoxy groups -OCH3 is 1. The maximum absolute atomic E-state index is 6.03. The van der Waals surface area contributed by atoms with E-state index in [1.807, 2.05) is 48.5 Å². The Morgan fingerprint density at radius 3 is 2.32 bits per heavy atom. The average molecular weight is 390 g/mol. The van der Waals surface area contributed by atoms with Crippen LogP contribution in [-0.4, -0.2) is 18.7 Å². The molecule has 1 N–H and O–H groups in total. The molecule has 28 heavy (non-hydrogen) atoms. The monoisotopic (exact) mass is 389 g/mol. The lowest BCUT2D eigenvalue weighted by molar-refractivity contribution is 0.415. The molecule has 3 aromatic carbocycles. The van der Waals surface area contributed by atoms with Crippen molar-refractivity contribution in [1.82, 2.24) is 5.43 Å². The first-order chi connectivity index (χ1) is 13.7. The van der Waals surface area contributed by atoms with Crippen molar-refractivity contribution in [3.05, 3.63) is 94.0 Å². The number of hydrazone groups is 1. The number of hydrogen-bond acceptors (Lipinski definition) is 4. The number of nitrogens with one attached hydrogen (secondary N) is 1. The first-order valence-corrected chi connectivity index (χ1v) is 9.52. The maximum Gasteiger partial charge on any atom is 0.154 e. The van der Waals surface area contributed by atoms with Crippen molar-refractivity contribution in [3.63, 3.8) is 0 Å². The molecule has 0 fully saturated rings. The van der Waals surface area contributed by atoms with Gasteiger partial charge in [0.25, 0.3) is 0 Å². The van der Waals surface area contributed by atoms with Gasteiger partial charge < -0.3 is 4.74 Å². The van der Waals surface area contributed by atoms with Crippen molar-refractivity contribution in [2.75, 3.05) is 7.11 Å². The fourth-order valence-corrected chi connectivity index (χ4v) is 3.24. The summed E-state index contributed by atoms with van der Waals surface area (Å²) in [6.07, 6.45) is 0.949. The smallest absolute Gasteiger partial charge is 0.154 e. The minimum absolute atomic E-state index is 0.686. The lowest BCUT2D eigenvalue weighted by Crippen LogP contribution is -2.19. The highest BCUT2D eigenvalue weighted by atomic mass is 35.5. The van der Waals surface area contributed by atoms with Crippen LogP contribution in [0, 0.1) is 0 Å². The highest BCUT2D eigenvalue weighted by molar-refractivity contribution is 6.30. The SMILES string of the molecule is CCc1ccc2c(c1)C(c1ccc(OC)cc1)=NNC(c1ccc(Cl)cc1)=N2. The summed E-state index contributed by atoms with van der Waals surface area (Å²) >= 11 is 6.03. The van der Waals surface area contributed by atoms with Crippen molar-refractivity contribution in [3.8, 4) is 5.75 Å². The number of aryl methyl sites for hydroxylation is 1. The van der Waals surface area contributed by atoms with Gasteiger partial charge >= 0.3 is 0 Å². The molecule has 0 radical (unpaired) electrons. The van der Waals surface area contributed by atoms with Gasteiger partial charge in [-0.15, -0.1) is 0 Å². The molecule has 0 saturated heterocycles. The number of amidine groups is 1. The Morgan fingerprint density at radius 1 is 0.929 bits per heavy atom. The molecule has 5 heteroatoms. The van der Waals surface area contributed by atoms with E-state index < -0.39 is 0 Å². The molecule has 4 nitrogen and oxygen atoms in total. The first kappa shape index (κ1) is 18.3. The summed E-state index contributed by atoms with van der Waals surface area (Å²) in [6, 6.07) is 21.8. The summed E-state index contributed by atoms with van der Waals surface area (Å²) in [5.41, 5.74) is 9.03. The molecule has 4 rings (SSSR count). The summed E-state index contributed by atoms with van der Waals surface area (Å²) < 4.78 is 5.28. The van der Waals surface area contributed by atoms with E-state index >= 15 is 0 Å². The second-order valence-electron chi connectivity index (χ2n) is 6.47. The summed E-state index contributed by atoms with van der Waals surface area (Å²) in [5.74, 6) is 1.50. The van der Waals surface area contributed by atoms with Crippen molar-refractivity contribution in [2.24, 2.45) is 10.1 Å². The Kier molecular flexibility index (Phi) is 5.13. The molecule has 1 heterocycles. The predicted molar refractivity (Wildman–Crippen MR) is 115 cm³/mol. The quantitative estimate of drug-likeness (QED) is 0.654. The molecule has 0 atom stereocenters. The van der Waals surface area contributed by atoms with Crippen LogP contribution in [0.3, 0.4) is 0 Å². The number of ether oxygens (including phenoxy) is 1. The Hall–Kier alpha value is -3.11. The van der Waals surface area contributed by atoms with Crippen LogP contribution in [0.25, 0.3) is 0 Å². The molecule has 0 saturated carbocycles. The van der Waals surface area contributed by atoms with Crippen LogP contribution in [0.5, 0.6) is 5.75 Å². The van der Waals surface area contributed by atoms with E-state index in [0.717, 1.165) is 40.3 Å². The van der Waals surface area contributed by atoms with Crippen LogP contribution >= 0.6 is 11.6 Å². The highest BCUT2D eigenvalue weighted by Gasteiger charge is 2.18. The van der Waals surface area contributed by atoms with Crippen molar-refractivity contribution < 1.29 is 4.74 Å². The molecule has 3 aromatic rings. The lowest BCUT2D eigenvalue weighted by atomic mass is 9.98. The van der Waals surface area contributed by atoms with Gasteiger partial charge in [-0.25, -0.2) is 4.99 Å². The zero-order valence-electron chi connectivity index (χ0n) is 15.7. The Bertz CT molecular complexity index is 1050.